The maximum atomic E-state index is 12.0. The molecule has 8 nitrogen and oxygen atoms in total. The van der Waals surface area contributed by atoms with Crippen molar-refractivity contribution in [3.05, 3.63) is 0 Å². The third kappa shape index (κ3) is 6.30. The first-order chi connectivity index (χ1) is 10.2. The topological polar surface area (TPSA) is 97.0 Å². The van der Waals surface area contributed by atoms with Gasteiger partial charge in [0.1, 0.15) is 12.2 Å². The third-order valence-electron chi connectivity index (χ3n) is 3.04. The molecule has 3 amide bonds. The van der Waals surface area contributed by atoms with Crippen molar-refractivity contribution in [3.63, 3.8) is 0 Å². The van der Waals surface area contributed by atoms with Crippen LogP contribution in [0.3, 0.4) is 0 Å². The van der Waals surface area contributed by atoms with E-state index >= 15 is 0 Å². The fourth-order valence-electron chi connectivity index (χ4n) is 2.08. The Labute approximate surface area is 130 Å². The van der Waals surface area contributed by atoms with Gasteiger partial charge in [-0.25, -0.2) is 4.79 Å². The minimum Gasteiger partial charge on any atom is -0.444 e. The molecule has 1 heterocycles. The first-order valence-electron chi connectivity index (χ1n) is 7.28. The van der Waals surface area contributed by atoms with Crippen molar-refractivity contribution in [2.24, 2.45) is 5.92 Å². The number of carbonyl (C=O) groups excluding carboxylic acids is 3. The van der Waals surface area contributed by atoms with Crippen LogP contribution >= 0.6 is 0 Å². The van der Waals surface area contributed by atoms with Crippen LogP contribution in [-0.4, -0.2) is 55.2 Å². The lowest BCUT2D eigenvalue weighted by atomic mass is 9.98. The van der Waals surface area contributed by atoms with Gasteiger partial charge >= 0.3 is 6.09 Å². The standard InChI is InChI=1S/C14H25N3O5/c1-14(2,3)22-13(20)17-7-5-6-10(8-17)12(19)16-15-11(18)9-21-4/h10H,5-9H2,1-4H3,(H,15,18)(H,16,19). The van der Waals surface area contributed by atoms with Crippen LogP contribution in [0.15, 0.2) is 0 Å². The van der Waals surface area contributed by atoms with Crippen LogP contribution in [0.2, 0.25) is 0 Å². The lowest BCUT2D eigenvalue weighted by Crippen LogP contribution is -2.51. The van der Waals surface area contributed by atoms with Gasteiger partial charge in [0.05, 0.1) is 5.92 Å². The molecule has 22 heavy (non-hydrogen) atoms. The number of methoxy groups -OCH3 is 1. The highest BCUT2D eigenvalue weighted by molar-refractivity contribution is 5.84. The second kappa shape index (κ2) is 7.98. The average molecular weight is 315 g/mol. The molecule has 0 radical (unpaired) electrons. The molecule has 8 heteroatoms. The van der Waals surface area contributed by atoms with Gasteiger partial charge in [-0.3, -0.25) is 20.4 Å². The molecule has 1 saturated heterocycles. The van der Waals surface area contributed by atoms with E-state index in [0.717, 1.165) is 0 Å². The number of amides is 3. The summed E-state index contributed by atoms with van der Waals surface area (Å²) in [5, 5.41) is 0. The molecule has 0 aliphatic carbocycles. The second-order valence-corrected chi connectivity index (χ2v) is 6.24. The van der Waals surface area contributed by atoms with Crippen LogP contribution in [0.1, 0.15) is 33.6 Å². The van der Waals surface area contributed by atoms with E-state index in [1.807, 2.05) is 0 Å². The molecule has 1 aliphatic heterocycles. The van der Waals surface area contributed by atoms with E-state index in [1.54, 1.807) is 20.8 Å². The quantitative estimate of drug-likeness (QED) is 0.736. The first kappa shape index (κ1) is 18.2. The summed E-state index contributed by atoms with van der Waals surface area (Å²) in [6, 6.07) is 0. The Balaban J connectivity index is 2.47. The molecule has 1 unspecified atom stereocenters. The highest BCUT2D eigenvalue weighted by atomic mass is 16.6. The van der Waals surface area contributed by atoms with Crippen LogP contribution in [0.25, 0.3) is 0 Å². The molecule has 0 bridgehead atoms. The van der Waals surface area contributed by atoms with Gasteiger partial charge in [-0.2, -0.15) is 0 Å². The Morgan fingerprint density at radius 2 is 1.91 bits per heavy atom. The normalized spacial score (nSPS) is 18.5. The number of hydrogen-bond donors (Lipinski definition) is 2. The SMILES string of the molecule is COCC(=O)NNC(=O)C1CCCN(C(=O)OC(C)(C)C)C1. The third-order valence-corrected chi connectivity index (χ3v) is 3.04. The summed E-state index contributed by atoms with van der Waals surface area (Å²) in [7, 11) is 1.39. The molecule has 0 saturated carbocycles. The van der Waals surface area contributed by atoms with E-state index in [2.05, 4.69) is 15.6 Å². The average Bonchev–Trinajstić information content (AvgIpc) is 2.43. The lowest BCUT2D eigenvalue weighted by Gasteiger charge is -2.33. The summed E-state index contributed by atoms with van der Waals surface area (Å²) in [5.41, 5.74) is 4.04. The number of likely N-dealkylation sites (tertiary alicyclic amines) is 1. The number of piperidine rings is 1. The molecule has 0 aromatic rings. The molecule has 0 spiro atoms. The van der Waals surface area contributed by atoms with E-state index in [4.69, 9.17) is 4.74 Å². The summed E-state index contributed by atoms with van der Waals surface area (Å²) in [5.74, 6) is -1.13. The number of nitrogens with one attached hydrogen (secondary N) is 2. The Kier molecular flexibility index (Phi) is 6.61. The Bertz CT molecular complexity index is 419. The molecule has 1 atom stereocenters. The second-order valence-electron chi connectivity index (χ2n) is 6.24. The van der Waals surface area contributed by atoms with E-state index in [1.165, 1.54) is 12.0 Å². The smallest absolute Gasteiger partial charge is 0.410 e. The maximum absolute atomic E-state index is 12.0. The molecule has 1 fully saturated rings. The summed E-state index contributed by atoms with van der Waals surface area (Å²) in [6.07, 6.45) is 0.947. The zero-order valence-electron chi connectivity index (χ0n) is 13.6. The molecule has 1 rings (SSSR count). The maximum Gasteiger partial charge on any atom is 0.410 e. The van der Waals surface area contributed by atoms with Crippen LogP contribution in [0, 0.1) is 5.92 Å². The van der Waals surface area contributed by atoms with Gasteiger partial charge in [-0.15, -0.1) is 0 Å². The predicted molar refractivity (Wildman–Crippen MR) is 78.7 cm³/mol. The van der Waals surface area contributed by atoms with E-state index in [-0.39, 0.29) is 25.0 Å². The van der Waals surface area contributed by atoms with E-state index in [9.17, 15) is 14.4 Å². The van der Waals surface area contributed by atoms with Gasteiger partial charge in [0, 0.05) is 20.2 Å². The largest absolute Gasteiger partial charge is 0.444 e. The number of rotatable bonds is 3. The molecular formula is C14H25N3O5. The summed E-state index contributed by atoms with van der Waals surface area (Å²) >= 11 is 0. The van der Waals surface area contributed by atoms with Crippen molar-refractivity contribution >= 4 is 17.9 Å². The summed E-state index contributed by atoms with van der Waals surface area (Å²) < 4.78 is 9.95. The monoisotopic (exact) mass is 315 g/mol. The number of hydrogen-bond acceptors (Lipinski definition) is 5. The Morgan fingerprint density at radius 1 is 1.23 bits per heavy atom. The minimum atomic E-state index is -0.569. The number of hydrazine groups is 1. The first-order valence-corrected chi connectivity index (χ1v) is 7.28. The number of nitrogens with zero attached hydrogens (tertiary/aromatic N) is 1. The molecule has 0 aromatic heterocycles. The van der Waals surface area contributed by atoms with Crippen LogP contribution in [-0.2, 0) is 19.1 Å². The van der Waals surface area contributed by atoms with Crippen molar-refractivity contribution in [1.29, 1.82) is 0 Å². The van der Waals surface area contributed by atoms with Crippen LogP contribution in [0.5, 0.6) is 0 Å². The van der Waals surface area contributed by atoms with Crippen molar-refractivity contribution in [1.82, 2.24) is 15.8 Å². The zero-order chi connectivity index (χ0) is 16.8. The number of ether oxygens (including phenoxy) is 2. The van der Waals surface area contributed by atoms with Crippen molar-refractivity contribution in [3.8, 4) is 0 Å². The van der Waals surface area contributed by atoms with Crippen LogP contribution < -0.4 is 10.9 Å². The fraction of sp³-hybridized carbons (Fsp3) is 0.786. The Morgan fingerprint density at radius 3 is 2.50 bits per heavy atom. The van der Waals surface area contributed by atoms with Crippen LogP contribution in [0.4, 0.5) is 4.79 Å². The van der Waals surface area contributed by atoms with Gasteiger partial charge in [-0.1, -0.05) is 0 Å². The highest BCUT2D eigenvalue weighted by Crippen LogP contribution is 2.19. The zero-order valence-corrected chi connectivity index (χ0v) is 13.6. The molecule has 0 aromatic carbocycles. The number of carbonyl (C=O) groups is 3. The predicted octanol–water partition coefficient (Wildman–Crippen LogP) is 0.427. The van der Waals surface area contributed by atoms with Crippen molar-refractivity contribution in [2.45, 2.75) is 39.2 Å². The molecular weight excluding hydrogens is 290 g/mol. The lowest BCUT2D eigenvalue weighted by molar-refractivity contribution is -0.133. The summed E-state index contributed by atoms with van der Waals surface area (Å²) in [6.45, 7) is 6.10. The van der Waals surface area contributed by atoms with Gasteiger partial charge < -0.3 is 14.4 Å². The van der Waals surface area contributed by atoms with E-state index < -0.39 is 17.6 Å². The molecule has 1 aliphatic rings. The minimum absolute atomic E-state index is 0.130. The van der Waals surface area contributed by atoms with Crippen molar-refractivity contribution < 1.29 is 23.9 Å². The van der Waals surface area contributed by atoms with Gasteiger partial charge in [0.25, 0.3) is 5.91 Å². The van der Waals surface area contributed by atoms with Gasteiger partial charge in [0.15, 0.2) is 0 Å². The van der Waals surface area contributed by atoms with Crippen molar-refractivity contribution in [2.75, 3.05) is 26.8 Å². The molecule has 126 valence electrons. The fourth-order valence-corrected chi connectivity index (χ4v) is 2.08. The Hall–Kier alpha value is -1.83. The highest BCUT2D eigenvalue weighted by Gasteiger charge is 2.31. The van der Waals surface area contributed by atoms with Gasteiger partial charge in [0.2, 0.25) is 5.91 Å². The van der Waals surface area contributed by atoms with E-state index in [0.29, 0.717) is 19.4 Å². The van der Waals surface area contributed by atoms with Gasteiger partial charge in [-0.05, 0) is 33.6 Å². The summed E-state index contributed by atoms with van der Waals surface area (Å²) in [4.78, 5) is 36.8. The molecule has 2 N–H and O–H groups in total.